The first kappa shape index (κ1) is 13.8. The van der Waals surface area contributed by atoms with E-state index in [0.29, 0.717) is 6.04 Å². The first-order chi connectivity index (χ1) is 9.13. The molecule has 1 atom stereocenters. The molecule has 1 aromatic carbocycles. The van der Waals surface area contributed by atoms with E-state index in [-0.39, 0.29) is 10.6 Å². The van der Waals surface area contributed by atoms with E-state index in [1.807, 2.05) is 19.1 Å². The number of aryl methyl sites for hydroxylation is 1. The Morgan fingerprint density at radius 2 is 2.32 bits per heavy atom. The van der Waals surface area contributed by atoms with Gasteiger partial charge in [-0.15, -0.1) is 0 Å². The van der Waals surface area contributed by atoms with Gasteiger partial charge in [0.15, 0.2) is 0 Å². The highest BCUT2D eigenvalue weighted by molar-refractivity contribution is 5.64. The molecule has 0 radical (unpaired) electrons. The predicted molar refractivity (Wildman–Crippen MR) is 76.7 cm³/mol. The summed E-state index contributed by atoms with van der Waals surface area (Å²) in [6, 6.07) is 5.83. The molecule has 1 heterocycles. The highest BCUT2D eigenvalue weighted by Gasteiger charge is 2.25. The number of nitro groups is 1. The molecule has 2 rings (SSSR count). The van der Waals surface area contributed by atoms with Crippen molar-refractivity contribution in [2.24, 2.45) is 0 Å². The molecule has 1 aliphatic rings. The molecule has 5 nitrogen and oxygen atoms in total. The predicted octanol–water partition coefficient (Wildman–Crippen LogP) is 2.48. The lowest BCUT2D eigenvalue weighted by molar-refractivity contribution is -0.384. The molecule has 0 spiro atoms. The molecule has 1 saturated heterocycles. The highest BCUT2D eigenvalue weighted by atomic mass is 16.6. The third-order valence-corrected chi connectivity index (χ3v) is 3.69. The maximum absolute atomic E-state index is 11.2. The van der Waals surface area contributed by atoms with Crippen molar-refractivity contribution in [2.75, 3.05) is 24.5 Å². The van der Waals surface area contributed by atoms with Crippen LogP contribution in [0.3, 0.4) is 0 Å². The van der Waals surface area contributed by atoms with Gasteiger partial charge in [0.2, 0.25) is 0 Å². The molecule has 5 heteroatoms. The Morgan fingerprint density at radius 3 is 2.89 bits per heavy atom. The van der Waals surface area contributed by atoms with Crippen LogP contribution in [0.4, 0.5) is 11.4 Å². The molecule has 1 aliphatic heterocycles. The lowest BCUT2D eigenvalue weighted by Crippen LogP contribution is -2.46. The Labute approximate surface area is 113 Å². The Bertz CT molecular complexity index is 456. The number of nitrogens with one attached hydrogen (secondary N) is 1. The normalized spacial score (nSPS) is 19.2. The molecular formula is C14H21N3O2. The molecule has 0 bridgehead atoms. The second-order valence-electron chi connectivity index (χ2n) is 5.04. The van der Waals surface area contributed by atoms with Crippen LogP contribution in [0, 0.1) is 17.0 Å². The summed E-state index contributed by atoms with van der Waals surface area (Å²) in [7, 11) is 0. The topological polar surface area (TPSA) is 58.4 Å². The minimum absolute atomic E-state index is 0.215. The van der Waals surface area contributed by atoms with Crippen LogP contribution in [0.5, 0.6) is 0 Å². The summed E-state index contributed by atoms with van der Waals surface area (Å²) >= 11 is 0. The smallest absolute Gasteiger partial charge is 0.292 e. The van der Waals surface area contributed by atoms with Gasteiger partial charge in [0.1, 0.15) is 5.69 Å². The summed E-state index contributed by atoms with van der Waals surface area (Å²) < 4.78 is 0. The molecule has 1 N–H and O–H groups in total. The van der Waals surface area contributed by atoms with E-state index < -0.39 is 0 Å². The van der Waals surface area contributed by atoms with Gasteiger partial charge < -0.3 is 10.2 Å². The number of hydrogen-bond donors (Lipinski definition) is 1. The molecule has 1 unspecified atom stereocenters. The maximum atomic E-state index is 11.2. The van der Waals surface area contributed by atoms with E-state index in [1.54, 1.807) is 6.07 Å². The number of nitrogens with zero attached hydrogens (tertiary/aromatic N) is 2. The Hall–Kier alpha value is -1.62. The summed E-state index contributed by atoms with van der Waals surface area (Å²) in [4.78, 5) is 13.1. The van der Waals surface area contributed by atoms with Crippen molar-refractivity contribution in [1.29, 1.82) is 0 Å². The van der Waals surface area contributed by atoms with Gasteiger partial charge in [-0.05, 0) is 44.9 Å². The van der Waals surface area contributed by atoms with E-state index in [2.05, 4.69) is 17.1 Å². The van der Waals surface area contributed by atoms with Gasteiger partial charge >= 0.3 is 0 Å². The van der Waals surface area contributed by atoms with E-state index in [1.165, 1.54) is 0 Å². The summed E-state index contributed by atoms with van der Waals surface area (Å²) in [6.07, 6.45) is 2.21. The average Bonchev–Trinajstić information content (AvgIpc) is 2.42. The van der Waals surface area contributed by atoms with Gasteiger partial charge in [-0.2, -0.15) is 0 Å². The van der Waals surface area contributed by atoms with Gasteiger partial charge in [-0.25, -0.2) is 0 Å². The van der Waals surface area contributed by atoms with E-state index in [4.69, 9.17) is 0 Å². The molecule has 0 aromatic heterocycles. The van der Waals surface area contributed by atoms with Crippen molar-refractivity contribution >= 4 is 11.4 Å². The fourth-order valence-corrected chi connectivity index (χ4v) is 2.75. The molecule has 1 aromatic rings. The van der Waals surface area contributed by atoms with E-state index >= 15 is 0 Å². The van der Waals surface area contributed by atoms with Gasteiger partial charge in [0.05, 0.1) is 4.92 Å². The van der Waals surface area contributed by atoms with Crippen LogP contribution in [0.15, 0.2) is 18.2 Å². The minimum atomic E-state index is -0.277. The van der Waals surface area contributed by atoms with Crippen LogP contribution >= 0.6 is 0 Å². The fraction of sp³-hybridized carbons (Fsp3) is 0.571. The lowest BCUT2D eigenvalue weighted by Gasteiger charge is -2.35. The fourth-order valence-electron chi connectivity index (χ4n) is 2.75. The van der Waals surface area contributed by atoms with Gasteiger partial charge in [0.25, 0.3) is 5.69 Å². The standard InChI is InChI=1S/C14H21N3O2/c1-3-16(12-5-4-8-15-10-12)13-7-6-11(2)9-14(13)17(18)19/h6-7,9,12,15H,3-5,8,10H2,1-2H3. The highest BCUT2D eigenvalue weighted by Crippen LogP contribution is 2.31. The minimum Gasteiger partial charge on any atom is -0.362 e. The quantitative estimate of drug-likeness (QED) is 0.669. The molecular weight excluding hydrogens is 242 g/mol. The molecule has 0 aliphatic carbocycles. The zero-order chi connectivity index (χ0) is 13.8. The third-order valence-electron chi connectivity index (χ3n) is 3.69. The summed E-state index contributed by atoms with van der Waals surface area (Å²) in [5.74, 6) is 0. The zero-order valence-electron chi connectivity index (χ0n) is 11.6. The summed E-state index contributed by atoms with van der Waals surface area (Å²) in [5.41, 5.74) is 1.88. The largest absolute Gasteiger partial charge is 0.362 e. The molecule has 0 amide bonds. The van der Waals surface area contributed by atoms with Gasteiger partial charge in [-0.1, -0.05) is 6.07 Å². The van der Waals surface area contributed by atoms with Crippen LogP contribution in [0.2, 0.25) is 0 Å². The molecule has 0 saturated carbocycles. The second-order valence-corrected chi connectivity index (χ2v) is 5.04. The molecule has 1 fully saturated rings. The van der Waals surface area contributed by atoms with Crippen molar-refractivity contribution in [1.82, 2.24) is 5.32 Å². The zero-order valence-corrected chi connectivity index (χ0v) is 11.6. The molecule has 104 valence electrons. The summed E-state index contributed by atoms with van der Waals surface area (Å²) in [5, 5.41) is 14.6. The van der Waals surface area contributed by atoms with Crippen molar-refractivity contribution in [3.63, 3.8) is 0 Å². The van der Waals surface area contributed by atoms with Crippen LogP contribution < -0.4 is 10.2 Å². The number of anilines is 1. The SMILES string of the molecule is CCN(c1ccc(C)cc1[N+](=O)[O-])C1CCCNC1. The Kier molecular flexibility index (Phi) is 4.37. The average molecular weight is 263 g/mol. The lowest BCUT2D eigenvalue weighted by atomic mass is 10.0. The maximum Gasteiger partial charge on any atom is 0.292 e. The Balaban J connectivity index is 2.34. The summed E-state index contributed by atoms with van der Waals surface area (Å²) in [6.45, 7) is 6.67. The van der Waals surface area contributed by atoms with Crippen LogP contribution in [-0.4, -0.2) is 30.6 Å². The second kappa shape index (κ2) is 6.02. The number of nitro benzene ring substituents is 1. The van der Waals surface area contributed by atoms with Crippen molar-refractivity contribution in [3.8, 4) is 0 Å². The number of hydrogen-bond acceptors (Lipinski definition) is 4. The number of likely N-dealkylation sites (N-methyl/N-ethyl adjacent to an activating group) is 1. The first-order valence-corrected chi connectivity index (χ1v) is 6.86. The number of piperidine rings is 1. The van der Waals surface area contributed by atoms with Crippen molar-refractivity contribution in [3.05, 3.63) is 33.9 Å². The number of rotatable bonds is 4. The third kappa shape index (κ3) is 3.04. The van der Waals surface area contributed by atoms with E-state index in [0.717, 1.165) is 43.7 Å². The number of benzene rings is 1. The van der Waals surface area contributed by atoms with Crippen LogP contribution in [0.25, 0.3) is 0 Å². The monoisotopic (exact) mass is 263 g/mol. The Morgan fingerprint density at radius 1 is 1.53 bits per heavy atom. The molecule has 19 heavy (non-hydrogen) atoms. The first-order valence-electron chi connectivity index (χ1n) is 6.86. The van der Waals surface area contributed by atoms with Gasteiger partial charge in [0, 0.05) is 25.2 Å². The van der Waals surface area contributed by atoms with Crippen LogP contribution in [-0.2, 0) is 0 Å². The van der Waals surface area contributed by atoms with E-state index in [9.17, 15) is 10.1 Å². The van der Waals surface area contributed by atoms with Crippen LogP contribution in [0.1, 0.15) is 25.3 Å². The van der Waals surface area contributed by atoms with Crippen molar-refractivity contribution in [2.45, 2.75) is 32.7 Å². The van der Waals surface area contributed by atoms with Crippen molar-refractivity contribution < 1.29 is 4.92 Å². The van der Waals surface area contributed by atoms with Gasteiger partial charge in [-0.3, -0.25) is 10.1 Å².